The SMILES string of the molecule is Cc1[nH]ccc1C(=O)N1CCCC(O)C1. The van der Waals surface area contributed by atoms with E-state index < -0.39 is 0 Å². The summed E-state index contributed by atoms with van der Waals surface area (Å²) in [6.07, 6.45) is 3.09. The van der Waals surface area contributed by atoms with E-state index in [-0.39, 0.29) is 12.0 Å². The van der Waals surface area contributed by atoms with Crippen molar-refractivity contribution in [3.05, 3.63) is 23.5 Å². The van der Waals surface area contributed by atoms with Crippen LogP contribution in [0.3, 0.4) is 0 Å². The number of nitrogens with zero attached hydrogens (tertiary/aromatic N) is 1. The van der Waals surface area contributed by atoms with Crippen LogP contribution in [0.25, 0.3) is 0 Å². The first-order chi connectivity index (χ1) is 7.18. The second-order valence-corrected chi connectivity index (χ2v) is 4.06. The summed E-state index contributed by atoms with van der Waals surface area (Å²) in [5.41, 5.74) is 1.60. The van der Waals surface area contributed by atoms with Crippen molar-refractivity contribution in [2.75, 3.05) is 13.1 Å². The molecule has 0 aliphatic carbocycles. The van der Waals surface area contributed by atoms with E-state index in [1.165, 1.54) is 0 Å². The Morgan fingerprint density at radius 2 is 2.47 bits per heavy atom. The van der Waals surface area contributed by atoms with Crippen LogP contribution in [-0.4, -0.2) is 40.1 Å². The fraction of sp³-hybridized carbons (Fsp3) is 0.545. The zero-order chi connectivity index (χ0) is 10.8. The molecule has 1 unspecified atom stereocenters. The van der Waals surface area contributed by atoms with Gasteiger partial charge < -0.3 is 15.0 Å². The molecular formula is C11H16N2O2. The predicted octanol–water partition coefficient (Wildman–Crippen LogP) is 0.920. The smallest absolute Gasteiger partial charge is 0.255 e. The Labute approximate surface area is 88.9 Å². The van der Waals surface area contributed by atoms with Gasteiger partial charge in [0.2, 0.25) is 0 Å². The third-order valence-electron chi connectivity index (χ3n) is 2.87. The standard InChI is InChI=1S/C11H16N2O2/c1-8-10(4-5-12-8)11(15)13-6-2-3-9(14)7-13/h4-5,9,12,14H,2-3,6-7H2,1H3. The van der Waals surface area contributed by atoms with Crippen LogP contribution < -0.4 is 0 Å². The van der Waals surface area contributed by atoms with E-state index in [0.29, 0.717) is 12.1 Å². The number of rotatable bonds is 1. The molecule has 1 aliphatic heterocycles. The van der Waals surface area contributed by atoms with Crippen molar-refractivity contribution in [2.24, 2.45) is 0 Å². The summed E-state index contributed by atoms with van der Waals surface area (Å²) in [6.45, 7) is 3.09. The quantitative estimate of drug-likeness (QED) is 0.721. The summed E-state index contributed by atoms with van der Waals surface area (Å²) in [5.74, 6) is 0.0208. The molecule has 4 heteroatoms. The monoisotopic (exact) mass is 208 g/mol. The molecule has 0 aromatic carbocycles. The lowest BCUT2D eigenvalue weighted by atomic mass is 10.1. The van der Waals surface area contributed by atoms with Gasteiger partial charge in [-0.1, -0.05) is 0 Å². The number of amides is 1. The van der Waals surface area contributed by atoms with E-state index in [0.717, 1.165) is 25.1 Å². The largest absolute Gasteiger partial charge is 0.391 e. The van der Waals surface area contributed by atoms with Crippen LogP contribution >= 0.6 is 0 Å². The Morgan fingerprint density at radius 1 is 1.67 bits per heavy atom. The highest BCUT2D eigenvalue weighted by Crippen LogP contribution is 2.15. The van der Waals surface area contributed by atoms with Gasteiger partial charge >= 0.3 is 0 Å². The molecule has 82 valence electrons. The number of aryl methyl sites for hydroxylation is 1. The molecule has 0 bridgehead atoms. The van der Waals surface area contributed by atoms with E-state index in [2.05, 4.69) is 4.98 Å². The number of aromatic nitrogens is 1. The number of likely N-dealkylation sites (tertiary alicyclic amines) is 1. The van der Waals surface area contributed by atoms with Gasteiger partial charge in [0.05, 0.1) is 11.7 Å². The lowest BCUT2D eigenvalue weighted by molar-refractivity contribution is 0.0473. The molecule has 0 spiro atoms. The van der Waals surface area contributed by atoms with E-state index in [9.17, 15) is 9.90 Å². The Bertz CT molecular complexity index is 359. The van der Waals surface area contributed by atoms with Gasteiger partial charge in [0, 0.05) is 25.0 Å². The molecule has 2 N–H and O–H groups in total. The highest BCUT2D eigenvalue weighted by atomic mass is 16.3. The van der Waals surface area contributed by atoms with Crippen LogP contribution in [-0.2, 0) is 0 Å². The van der Waals surface area contributed by atoms with E-state index >= 15 is 0 Å². The van der Waals surface area contributed by atoms with Gasteiger partial charge in [0.1, 0.15) is 0 Å². The minimum atomic E-state index is -0.359. The van der Waals surface area contributed by atoms with Crippen molar-refractivity contribution in [1.29, 1.82) is 0 Å². The summed E-state index contributed by atoms with van der Waals surface area (Å²) in [5, 5.41) is 9.49. The van der Waals surface area contributed by atoms with Crippen LogP contribution in [0.1, 0.15) is 28.9 Å². The fourth-order valence-electron chi connectivity index (χ4n) is 1.99. The van der Waals surface area contributed by atoms with E-state index in [1.54, 1.807) is 17.2 Å². The predicted molar refractivity (Wildman–Crippen MR) is 56.7 cm³/mol. The number of aromatic amines is 1. The number of aliphatic hydroxyl groups is 1. The molecule has 1 fully saturated rings. The summed E-state index contributed by atoms with van der Waals surface area (Å²) >= 11 is 0. The number of hydrogen-bond acceptors (Lipinski definition) is 2. The number of aliphatic hydroxyl groups excluding tert-OH is 1. The van der Waals surface area contributed by atoms with Crippen LogP contribution in [0.4, 0.5) is 0 Å². The van der Waals surface area contributed by atoms with Gasteiger partial charge in [0.25, 0.3) is 5.91 Å². The highest BCUT2D eigenvalue weighted by Gasteiger charge is 2.24. The van der Waals surface area contributed by atoms with Crippen LogP contribution in [0.15, 0.2) is 12.3 Å². The average Bonchev–Trinajstić information content (AvgIpc) is 2.63. The zero-order valence-corrected chi connectivity index (χ0v) is 8.86. The average molecular weight is 208 g/mol. The Balaban J connectivity index is 2.11. The molecule has 0 saturated carbocycles. The number of H-pyrrole nitrogens is 1. The normalized spacial score (nSPS) is 21.7. The van der Waals surface area contributed by atoms with E-state index in [4.69, 9.17) is 0 Å². The van der Waals surface area contributed by atoms with Crippen molar-refractivity contribution in [1.82, 2.24) is 9.88 Å². The van der Waals surface area contributed by atoms with Gasteiger partial charge in [0.15, 0.2) is 0 Å². The minimum Gasteiger partial charge on any atom is -0.391 e. The fourth-order valence-corrected chi connectivity index (χ4v) is 1.99. The van der Waals surface area contributed by atoms with Gasteiger partial charge in [-0.15, -0.1) is 0 Å². The second-order valence-electron chi connectivity index (χ2n) is 4.06. The topological polar surface area (TPSA) is 56.3 Å². The molecule has 1 atom stereocenters. The molecule has 1 aromatic rings. The number of β-amino-alcohol motifs (C(OH)–C–C–N with tert-alkyl or cyclic N) is 1. The maximum Gasteiger partial charge on any atom is 0.255 e. The van der Waals surface area contributed by atoms with Crippen molar-refractivity contribution >= 4 is 5.91 Å². The number of nitrogens with one attached hydrogen (secondary N) is 1. The summed E-state index contributed by atoms with van der Waals surface area (Å²) in [6, 6.07) is 1.79. The van der Waals surface area contributed by atoms with Crippen molar-refractivity contribution in [2.45, 2.75) is 25.9 Å². The molecular weight excluding hydrogens is 192 g/mol. The summed E-state index contributed by atoms with van der Waals surface area (Å²) in [7, 11) is 0. The molecule has 2 heterocycles. The molecule has 2 rings (SSSR count). The highest BCUT2D eigenvalue weighted by molar-refractivity contribution is 5.95. The number of hydrogen-bond donors (Lipinski definition) is 2. The first kappa shape index (κ1) is 10.2. The zero-order valence-electron chi connectivity index (χ0n) is 8.86. The molecule has 4 nitrogen and oxygen atoms in total. The van der Waals surface area contributed by atoms with Gasteiger partial charge in [-0.25, -0.2) is 0 Å². The molecule has 1 aliphatic rings. The maximum atomic E-state index is 12.0. The number of carbonyl (C=O) groups is 1. The summed E-state index contributed by atoms with van der Waals surface area (Å²) < 4.78 is 0. The second kappa shape index (κ2) is 4.06. The summed E-state index contributed by atoms with van der Waals surface area (Å²) in [4.78, 5) is 16.7. The van der Waals surface area contributed by atoms with Crippen LogP contribution in [0.5, 0.6) is 0 Å². The first-order valence-electron chi connectivity index (χ1n) is 5.30. The third kappa shape index (κ3) is 2.04. The van der Waals surface area contributed by atoms with E-state index in [1.807, 2.05) is 6.92 Å². The van der Waals surface area contributed by atoms with Crippen molar-refractivity contribution in [3.63, 3.8) is 0 Å². The molecule has 1 saturated heterocycles. The van der Waals surface area contributed by atoms with Gasteiger partial charge in [-0.3, -0.25) is 4.79 Å². The third-order valence-corrected chi connectivity index (χ3v) is 2.87. The van der Waals surface area contributed by atoms with Crippen molar-refractivity contribution in [3.8, 4) is 0 Å². The maximum absolute atomic E-state index is 12.0. The molecule has 15 heavy (non-hydrogen) atoms. The van der Waals surface area contributed by atoms with Crippen LogP contribution in [0, 0.1) is 6.92 Å². The van der Waals surface area contributed by atoms with Gasteiger partial charge in [-0.05, 0) is 25.8 Å². The molecule has 1 aromatic heterocycles. The number of piperidine rings is 1. The van der Waals surface area contributed by atoms with Crippen molar-refractivity contribution < 1.29 is 9.90 Å². The molecule has 1 amide bonds. The Morgan fingerprint density at radius 3 is 3.07 bits per heavy atom. The van der Waals surface area contributed by atoms with Gasteiger partial charge in [-0.2, -0.15) is 0 Å². The van der Waals surface area contributed by atoms with Crippen LogP contribution in [0.2, 0.25) is 0 Å². The minimum absolute atomic E-state index is 0.0208. The Hall–Kier alpha value is -1.29. The first-order valence-corrected chi connectivity index (χ1v) is 5.30. The lowest BCUT2D eigenvalue weighted by Gasteiger charge is -2.30. The number of carbonyl (C=O) groups excluding carboxylic acids is 1. The molecule has 0 radical (unpaired) electrons. The lowest BCUT2D eigenvalue weighted by Crippen LogP contribution is -2.42. The Kier molecular flexibility index (Phi) is 2.77.